The molecular formula is C24H32ClN3O4S. The van der Waals surface area contributed by atoms with Gasteiger partial charge < -0.3 is 10.2 Å². The van der Waals surface area contributed by atoms with Crippen LogP contribution in [0.4, 0.5) is 5.69 Å². The average molecular weight is 494 g/mol. The molecule has 0 aromatic heterocycles. The lowest BCUT2D eigenvalue weighted by molar-refractivity contribution is -0.139. The van der Waals surface area contributed by atoms with Gasteiger partial charge in [0.05, 0.1) is 11.9 Å². The van der Waals surface area contributed by atoms with Crippen LogP contribution >= 0.6 is 11.6 Å². The van der Waals surface area contributed by atoms with Gasteiger partial charge in [0.1, 0.15) is 12.6 Å². The Hall–Kier alpha value is -2.58. The molecular weight excluding hydrogens is 462 g/mol. The number of carbonyl (C=O) groups is 2. The van der Waals surface area contributed by atoms with Gasteiger partial charge >= 0.3 is 0 Å². The van der Waals surface area contributed by atoms with E-state index in [9.17, 15) is 18.0 Å². The van der Waals surface area contributed by atoms with Crippen LogP contribution in [0.15, 0.2) is 42.5 Å². The predicted molar refractivity (Wildman–Crippen MR) is 133 cm³/mol. The lowest BCUT2D eigenvalue weighted by Gasteiger charge is -2.32. The maximum absolute atomic E-state index is 13.5. The summed E-state index contributed by atoms with van der Waals surface area (Å²) in [5, 5.41) is 3.37. The summed E-state index contributed by atoms with van der Waals surface area (Å²) in [7, 11) is -3.76. The molecule has 7 nitrogen and oxygen atoms in total. The highest BCUT2D eigenvalue weighted by atomic mass is 35.5. The number of carbonyl (C=O) groups excluding carboxylic acids is 2. The number of nitrogens with one attached hydrogen (secondary N) is 1. The van der Waals surface area contributed by atoms with Crippen LogP contribution in [0.1, 0.15) is 37.5 Å². The van der Waals surface area contributed by atoms with Crippen LogP contribution < -0.4 is 9.62 Å². The smallest absolute Gasteiger partial charge is 0.244 e. The number of halogens is 1. The molecule has 180 valence electrons. The van der Waals surface area contributed by atoms with Crippen LogP contribution in [0.25, 0.3) is 0 Å². The minimum Gasteiger partial charge on any atom is -0.352 e. The quantitative estimate of drug-likeness (QED) is 0.577. The molecule has 2 aromatic carbocycles. The van der Waals surface area contributed by atoms with E-state index in [-0.39, 0.29) is 18.5 Å². The number of amides is 2. The van der Waals surface area contributed by atoms with Crippen molar-refractivity contribution >= 4 is 39.1 Å². The average Bonchev–Trinajstić information content (AvgIpc) is 2.72. The second kappa shape index (κ2) is 11.0. The summed E-state index contributed by atoms with van der Waals surface area (Å²) in [5.41, 5.74) is 2.90. The van der Waals surface area contributed by atoms with Gasteiger partial charge in [0.25, 0.3) is 0 Å². The standard InChI is InChI=1S/C24H32ClN3O4S/c1-16(2)26-24(30)19(5)27(14-20-10-12-21(25)13-11-20)23(29)15-28(33(6,31)32)22-9-7-8-17(3)18(22)4/h7-13,16,19H,14-15H2,1-6H3,(H,26,30)/t19-/m1/s1. The Morgan fingerprint density at radius 1 is 1.03 bits per heavy atom. The molecule has 2 amide bonds. The Balaban J connectivity index is 2.43. The van der Waals surface area contributed by atoms with Crippen molar-refractivity contribution in [3.05, 3.63) is 64.2 Å². The monoisotopic (exact) mass is 493 g/mol. The summed E-state index contributed by atoms with van der Waals surface area (Å²) in [6.45, 7) is 8.71. The molecule has 2 rings (SSSR count). The van der Waals surface area contributed by atoms with E-state index in [0.717, 1.165) is 27.3 Å². The highest BCUT2D eigenvalue weighted by Gasteiger charge is 2.30. The molecule has 0 heterocycles. The number of nitrogens with zero attached hydrogens (tertiary/aromatic N) is 2. The second-order valence-corrected chi connectivity index (χ2v) is 10.8. The van der Waals surface area contributed by atoms with Crippen molar-refractivity contribution in [1.29, 1.82) is 0 Å². The molecule has 0 aliphatic rings. The number of benzene rings is 2. The van der Waals surface area contributed by atoms with Crippen molar-refractivity contribution in [3.8, 4) is 0 Å². The zero-order chi connectivity index (χ0) is 24.9. The van der Waals surface area contributed by atoms with E-state index in [1.165, 1.54) is 4.90 Å². The molecule has 0 aliphatic carbocycles. The van der Waals surface area contributed by atoms with Crippen molar-refractivity contribution in [2.24, 2.45) is 0 Å². The van der Waals surface area contributed by atoms with E-state index >= 15 is 0 Å². The summed E-state index contributed by atoms with van der Waals surface area (Å²) < 4.78 is 26.4. The third-order valence-corrected chi connectivity index (χ3v) is 6.77. The minimum absolute atomic E-state index is 0.102. The molecule has 9 heteroatoms. The fourth-order valence-electron chi connectivity index (χ4n) is 3.37. The van der Waals surface area contributed by atoms with Gasteiger partial charge in [0.15, 0.2) is 0 Å². The van der Waals surface area contributed by atoms with Gasteiger partial charge in [-0.25, -0.2) is 8.42 Å². The van der Waals surface area contributed by atoms with Crippen molar-refractivity contribution in [2.75, 3.05) is 17.1 Å². The number of anilines is 1. The lowest BCUT2D eigenvalue weighted by Crippen LogP contribution is -2.52. The molecule has 33 heavy (non-hydrogen) atoms. The minimum atomic E-state index is -3.76. The zero-order valence-corrected chi connectivity index (χ0v) is 21.5. The summed E-state index contributed by atoms with van der Waals surface area (Å²) >= 11 is 5.98. The maximum Gasteiger partial charge on any atom is 0.244 e. The van der Waals surface area contributed by atoms with Crippen LogP contribution in [-0.2, 0) is 26.2 Å². The zero-order valence-electron chi connectivity index (χ0n) is 19.9. The van der Waals surface area contributed by atoms with Crippen LogP contribution in [0.3, 0.4) is 0 Å². The van der Waals surface area contributed by atoms with E-state index in [1.807, 2.05) is 33.8 Å². The summed E-state index contributed by atoms with van der Waals surface area (Å²) in [4.78, 5) is 27.6. The van der Waals surface area contributed by atoms with Crippen molar-refractivity contribution < 1.29 is 18.0 Å². The van der Waals surface area contributed by atoms with Crippen molar-refractivity contribution in [3.63, 3.8) is 0 Å². The molecule has 0 saturated heterocycles. The molecule has 0 radical (unpaired) electrons. The van der Waals surface area contributed by atoms with Crippen LogP contribution in [0, 0.1) is 13.8 Å². The Morgan fingerprint density at radius 3 is 2.18 bits per heavy atom. The van der Waals surface area contributed by atoms with Gasteiger partial charge in [-0.15, -0.1) is 0 Å². The van der Waals surface area contributed by atoms with Crippen LogP contribution in [0.2, 0.25) is 5.02 Å². The summed E-state index contributed by atoms with van der Waals surface area (Å²) in [5.74, 6) is -0.798. The predicted octanol–water partition coefficient (Wildman–Crippen LogP) is 3.66. The molecule has 0 aliphatic heterocycles. The molecule has 0 bridgehead atoms. The normalized spacial score (nSPS) is 12.4. The first kappa shape index (κ1) is 26.7. The van der Waals surface area contributed by atoms with Crippen LogP contribution in [-0.4, -0.2) is 50.0 Å². The van der Waals surface area contributed by atoms with Crippen LogP contribution in [0.5, 0.6) is 0 Å². The Labute approximate surface area is 201 Å². The van der Waals surface area contributed by atoms with E-state index in [1.54, 1.807) is 43.3 Å². The van der Waals surface area contributed by atoms with E-state index in [4.69, 9.17) is 11.6 Å². The number of rotatable bonds is 9. The number of hydrogen-bond acceptors (Lipinski definition) is 4. The Kier molecular flexibility index (Phi) is 8.91. The van der Waals surface area contributed by atoms with Gasteiger partial charge in [-0.2, -0.15) is 0 Å². The topological polar surface area (TPSA) is 86.8 Å². The number of aryl methyl sites for hydroxylation is 1. The van der Waals surface area contributed by atoms with E-state index in [0.29, 0.717) is 10.7 Å². The van der Waals surface area contributed by atoms with Crippen molar-refractivity contribution in [1.82, 2.24) is 10.2 Å². The molecule has 0 spiro atoms. The first-order chi connectivity index (χ1) is 15.3. The van der Waals surface area contributed by atoms with Gasteiger partial charge in [0, 0.05) is 17.6 Å². The highest BCUT2D eigenvalue weighted by Crippen LogP contribution is 2.25. The van der Waals surface area contributed by atoms with Crippen molar-refractivity contribution in [2.45, 2.75) is 53.2 Å². The molecule has 0 unspecified atom stereocenters. The largest absolute Gasteiger partial charge is 0.352 e. The summed E-state index contributed by atoms with van der Waals surface area (Å²) in [6.07, 6.45) is 1.07. The number of sulfonamides is 1. The highest BCUT2D eigenvalue weighted by molar-refractivity contribution is 7.92. The fourth-order valence-corrected chi connectivity index (χ4v) is 4.40. The Morgan fingerprint density at radius 2 is 1.64 bits per heavy atom. The van der Waals surface area contributed by atoms with Gasteiger partial charge in [-0.3, -0.25) is 13.9 Å². The van der Waals surface area contributed by atoms with Gasteiger partial charge in [-0.1, -0.05) is 35.9 Å². The molecule has 1 atom stereocenters. The van der Waals surface area contributed by atoms with Gasteiger partial charge in [0.2, 0.25) is 21.8 Å². The van der Waals surface area contributed by atoms with E-state index < -0.39 is 28.5 Å². The van der Waals surface area contributed by atoms with E-state index in [2.05, 4.69) is 5.32 Å². The number of hydrogen-bond donors (Lipinski definition) is 1. The summed E-state index contributed by atoms with van der Waals surface area (Å²) in [6, 6.07) is 11.4. The third-order valence-electron chi connectivity index (χ3n) is 5.39. The Bertz CT molecular complexity index is 1100. The van der Waals surface area contributed by atoms with Gasteiger partial charge in [-0.05, 0) is 69.5 Å². The fraction of sp³-hybridized carbons (Fsp3) is 0.417. The third kappa shape index (κ3) is 7.20. The SMILES string of the molecule is Cc1cccc(N(CC(=O)N(Cc2ccc(Cl)cc2)[C@H](C)C(=O)NC(C)C)S(C)(=O)=O)c1C. The second-order valence-electron chi connectivity index (χ2n) is 8.48. The first-order valence-electron chi connectivity index (χ1n) is 10.7. The molecule has 0 fully saturated rings. The molecule has 0 saturated carbocycles. The lowest BCUT2D eigenvalue weighted by atomic mass is 10.1. The first-order valence-corrected chi connectivity index (χ1v) is 12.9. The molecule has 2 aromatic rings. The maximum atomic E-state index is 13.5. The molecule has 1 N–H and O–H groups in total.